The lowest BCUT2D eigenvalue weighted by Crippen LogP contribution is -2.03. The molecule has 2 heteroatoms. The highest BCUT2D eigenvalue weighted by atomic mass is 16.6. The van der Waals surface area contributed by atoms with Gasteiger partial charge in [0.15, 0.2) is 0 Å². The summed E-state index contributed by atoms with van der Waals surface area (Å²) in [7, 11) is 0. The molecule has 1 aromatic rings. The van der Waals surface area contributed by atoms with E-state index in [0.717, 1.165) is 12.4 Å². The Labute approximate surface area is 155 Å². The smallest absolute Gasteiger partial charge is 0.119 e. The van der Waals surface area contributed by atoms with E-state index >= 15 is 0 Å². The molecule has 0 N–H and O–H groups in total. The van der Waals surface area contributed by atoms with E-state index in [1.54, 1.807) is 0 Å². The summed E-state index contributed by atoms with van der Waals surface area (Å²) in [6.07, 6.45) is 18.5. The van der Waals surface area contributed by atoms with Gasteiger partial charge in [-0.1, -0.05) is 89.7 Å². The van der Waals surface area contributed by atoms with Crippen molar-refractivity contribution in [1.82, 2.24) is 0 Å². The second-order valence-electron chi connectivity index (χ2n) is 7.55. The second-order valence-corrected chi connectivity index (χ2v) is 7.55. The Morgan fingerprint density at radius 3 is 1.84 bits per heavy atom. The Morgan fingerprint density at radius 1 is 0.800 bits per heavy atom. The minimum atomic E-state index is 0.334. The van der Waals surface area contributed by atoms with Gasteiger partial charge in [0.1, 0.15) is 18.5 Å². The number of unbranched alkanes of at least 4 members (excludes halogenated alkanes) is 11. The van der Waals surface area contributed by atoms with Gasteiger partial charge in [-0.3, -0.25) is 0 Å². The second kappa shape index (κ2) is 13.2. The first-order valence-electron chi connectivity index (χ1n) is 10.7. The molecule has 1 aliphatic heterocycles. The number of aryl methyl sites for hydroxylation is 1. The molecule has 1 atom stereocenters. The van der Waals surface area contributed by atoms with Crippen LogP contribution in [0.4, 0.5) is 0 Å². The first kappa shape index (κ1) is 20.3. The molecule has 1 heterocycles. The summed E-state index contributed by atoms with van der Waals surface area (Å²) in [6.45, 7) is 3.84. The predicted octanol–water partition coefficient (Wildman–Crippen LogP) is 6.71. The fourth-order valence-electron chi connectivity index (χ4n) is 3.28. The van der Waals surface area contributed by atoms with Gasteiger partial charge in [-0.2, -0.15) is 0 Å². The molecular weight excluding hydrogens is 308 g/mol. The van der Waals surface area contributed by atoms with Crippen molar-refractivity contribution in [2.45, 2.75) is 96.5 Å². The maximum atomic E-state index is 5.68. The molecule has 1 aliphatic rings. The van der Waals surface area contributed by atoms with Crippen molar-refractivity contribution in [2.24, 2.45) is 0 Å². The predicted molar refractivity (Wildman–Crippen MR) is 106 cm³/mol. The normalized spacial score (nSPS) is 16.1. The summed E-state index contributed by atoms with van der Waals surface area (Å²) >= 11 is 0. The minimum Gasteiger partial charge on any atom is -0.491 e. The molecule has 1 fully saturated rings. The third-order valence-corrected chi connectivity index (χ3v) is 5.08. The highest BCUT2D eigenvalue weighted by Gasteiger charge is 2.22. The van der Waals surface area contributed by atoms with E-state index in [9.17, 15) is 0 Å². The Hall–Kier alpha value is -1.02. The van der Waals surface area contributed by atoms with E-state index in [4.69, 9.17) is 9.47 Å². The van der Waals surface area contributed by atoms with Crippen LogP contribution >= 0.6 is 0 Å². The van der Waals surface area contributed by atoms with E-state index in [1.807, 2.05) is 0 Å². The fourth-order valence-corrected chi connectivity index (χ4v) is 3.28. The van der Waals surface area contributed by atoms with Gasteiger partial charge in [0.05, 0.1) is 6.61 Å². The average molecular weight is 347 g/mol. The van der Waals surface area contributed by atoms with Crippen LogP contribution in [0.3, 0.4) is 0 Å². The van der Waals surface area contributed by atoms with Gasteiger partial charge in [0.25, 0.3) is 0 Å². The Morgan fingerprint density at radius 2 is 1.32 bits per heavy atom. The zero-order valence-corrected chi connectivity index (χ0v) is 16.3. The Balaban J connectivity index is 1.37. The zero-order chi connectivity index (χ0) is 17.6. The van der Waals surface area contributed by atoms with Crippen molar-refractivity contribution >= 4 is 0 Å². The fraction of sp³-hybridized carbons (Fsp3) is 0.739. The van der Waals surface area contributed by atoms with Crippen molar-refractivity contribution in [2.75, 3.05) is 13.2 Å². The van der Waals surface area contributed by atoms with Crippen molar-refractivity contribution in [3.8, 4) is 5.75 Å². The van der Waals surface area contributed by atoms with E-state index in [1.165, 1.54) is 89.0 Å². The SMILES string of the molecule is CCCCCCCCCCCCCCc1ccc(OCC2CO2)cc1. The van der Waals surface area contributed by atoms with E-state index in [2.05, 4.69) is 31.2 Å². The highest BCUT2D eigenvalue weighted by molar-refractivity contribution is 5.27. The minimum absolute atomic E-state index is 0.334. The maximum absolute atomic E-state index is 5.68. The summed E-state index contributed by atoms with van der Waals surface area (Å²) in [5.74, 6) is 0.967. The topological polar surface area (TPSA) is 21.8 Å². The van der Waals surface area contributed by atoms with Gasteiger partial charge in [-0.15, -0.1) is 0 Å². The van der Waals surface area contributed by atoms with Gasteiger partial charge < -0.3 is 9.47 Å². The lowest BCUT2D eigenvalue weighted by Gasteiger charge is -2.06. The van der Waals surface area contributed by atoms with Crippen molar-refractivity contribution in [1.29, 1.82) is 0 Å². The van der Waals surface area contributed by atoms with E-state index < -0.39 is 0 Å². The lowest BCUT2D eigenvalue weighted by molar-refractivity contribution is 0.263. The van der Waals surface area contributed by atoms with Gasteiger partial charge in [0, 0.05) is 0 Å². The highest BCUT2D eigenvalue weighted by Crippen LogP contribution is 2.17. The molecule has 0 aromatic heterocycles. The monoisotopic (exact) mass is 346 g/mol. The summed E-state index contributed by atoms with van der Waals surface area (Å²) in [4.78, 5) is 0. The quantitative estimate of drug-likeness (QED) is 0.245. The van der Waals surface area contributed by atoms with E-state index in [-0.39, 0.29) is 0 Å². The van der Waals surface area contributed by atoms with Crippen LogP contribution in [0.1, 0.15) is 89.5 Å². The van der Waals surface area contributed by atoms with Crippen molar-refractivity contribution < 1.29 is 9.47 Å². The van der Waals surface area contributed by atoms with Gasteiger partial charge in [-0.25, -0.2) is 0 Å². The number of benzene rings is 1. The van der Waals surface area contributed by atoms with Crippen molar-refractivity contribution in [3.63, 3.8) is 0 Å². The van der Waals surface area contributed by atoms with Crippen LogP contribution in [0.25, 0.3) is 0 Å². The Kier molecular flexibility index (Phi) is 10.7. The van der Waals surface area contributed by atoms with Crippen molar-refractivity contribution in [3.05, 3.63) is 29.8 Å². The maximum Gasteiger partial charge on any atom is 0.119 e. The molecule has 0 saturated carbocycles. The largest absolute Gasteiger partial charge is 0.491 e. The third-order valence-electron chi connectivity index (χ3n) is 5.08. The van der Waals surface area contributed by atoms with Crippen LogP contribution in [0.15, 0.2) is 24.3 Å². The van der Waals surface area contributed by atoms with Gasteiger partial charge in [0.2, 0.25) is 0 Å². The molecule has 2 rings (SSSR count). The van der Waals surface area contributed by atoms with Crippen LogP contribution < -0.4 is 4.74 Å². The van der Waals surface area contributed by atoms with Crippen LogP contribution in [0, 0.1) is 0 Å². The summed E-state index contributed by atoms with van der Waals surface area (Å²) in [6, 6.07) is 8.61. The molecule has 0 bridgehead atoms. The molecule has 0 amide bonds. The molecule has 0 radical (unpaired) electrons. The van der Waals surface area contributed by atoms with Gasteiger partial charge >= 0.3 is 0 Å². The first-order chi connectivity index (χ1) is 12.4. The molecule has 1 aromatic carbocycles. The number of hydrogen-bond donors (Lipinski definition) is 0. The number of hydrogen-bond acceptors (Lipinski definition) is 2. The molecule has 2 nitrogen and oxygen atoms in total. The third kappa shape index (κ3) is 10.5. The van der Waals surface area contributed by atoms with Crippen LogP contribution in [-0.2, 0) is 11.2 Å². The summed E-state index contributed by atoms with van der Waals surface area (Å²) in [5, 5.41) is 0. The molecule has 0 spiro atoms. The molecule has 1 unspecified atom stereocenters. The van der Waals surface area contributed by atoms with Gasteiger partial charge in [-0.05, 0) is 30.5 Å². The van der Waals surface area contributed by atoms with Crippen LogP contribution in [0.2, 0.25) is 0 Å². The number of ether oxygens (including phenoxy) is 2. The zero-order valence-electron chi connectivity index (χ0n) is 16.3. The van der Waals surface area contributed by atoms with Crippen LogP contribution in [-0.4, -0.2) is 19.3 Å². The summed E-state index contributed by atoms with van der Waals surface area (Å²) < 4.78 is 10.8. The Bertz CT molecular complexity index is 422. The molecule has 142 valence electrons. The molecule has 1 saturated heterocycles. The first-order valence-corrected chi connectivity index (χ1v) is 10.7. The molecule has 25 heavy (non-hydrogen) atoms. The van der Waals surface area contributed by atoms with Crippen LogP contribution in [0.5, 0.6) is 5.75 Å². The number of rotatable bonds is 16. The standard InChI is InChI=1S/C23H38O2/c1-2-3-4-5-6-7-8-9-10-11-12-13-14-21-15-17-22(18-16-21)24-19-23-20-25-23/h15-18,23H,2-14,19-20H2,1H3. The lowest BCUT2D eigenvalue weighted by atomic mass is 10.0. The summed E-state index contributed by atoms with van der Waals surface area (Å²) in [5.41, 5.74) is 1.43. The number of epoxide rings is 1. The molecule has 0 aliphatic carbocycles. The average Bonchev–Trinajstić information content (AvgIpc) is 3.46. The van der Waals surface area contributed by atoms with E-state index in [0.29, 0.717) is 12.7 Å². The molecular formula is C23H38O2.